The number of amides is 1. The first-order valence-electron chi connectivity index (χ1n) is 7.24. The number of pyridine rings is 1. The SMILES string of the molecule is CC(C)(C)CC(NC(=O)c1coc(CN)n1)c1cccnc1. The summed E-state index contributed by atoms with van der Waals surface area (Å²) in [4.78, 5) is 20.5. The Morgan fingerprint density at radius 2 is 2.23 bits per heavy atom. The molecule has 0 bridgehead atoms. The maximum atomic E-state index is 12.3. The molecule has 0 aromatic carbocycles. The van der Waals surface area contributed by atoms with E-state index >= 15 is 0 Å². The van der Waals surface area contributed by atoms with Gasteiger partial charge in [0.25, 0.3) is 5.91 Å². The van der Waals surface area contributed by atoms with Gasteiger partial charge in [0.05, 0.1) is 12.6 Å². The van der Waals surface area contributed by atoms with Crippen molar-refractivity contribution in [3.8, 4) is 0 Å². The standard InChI is InChI=1S/C16H22N4O2/c1-16(2,3)7-12(11-5-4-6-18-9-11)20-15(21)13-10-22-14(8-17)19-13/h4-6,9-10,12H,7-8,17H2,1-3H3,(H,20,21). The first-order chi connectivity index (χ1) is 10.4. The van der Waals surface area contributed by atoms with E-state index in [0.29, 0.717) is 5.89 Å². The molecule has 0 saturated heterocycles. The van der Waals surface area contributed by atoms with Gasteiger partial charge in [0.1, 0.15) is 6.26 Å². The van der Waals surface area contributed by atoms with Crippen LogP contribution in [-0.2, 0) is 6.54 Å². The molecule has 2 aromatic rings. The Morgan fingerprint density at radius 1 is 1.45 bits per heavy atom. The number of carbonyl (C=O) groups is 1. The van der Waals surface area contributed by atoms with Crippen molar-refractivity contribution in [1.29, 1.82) is 0 Å². The summed E-state index contributed by atoms with van der Waals surface area (Å²) in [5.74, 6) is 0.0699. The lowest BCUT2D eigenvalue weighted by atomic mass is 9.86. The minimum Gasteiger partial charge on any atom is -0.447 e. The molecular formula is C16H22N4O2. The van der Waals surface area contributed by atoms with Gasteiger partial charge in [-0.3, -0.25) is 9.78 Å². The summed E-state index contributed by atoms with van der Waals surface area (Å²) in [6, 6.07) is 3.68. The van der Waals surface area contributed by atoms with Gasteiger partial charge in [-0.15, -0.1) is 0 Å². The summed E-state index contributed by atoms with van der Waals surface area (Å²) >= 11 is 0. The van der Waals surface area contributed by atoms with Crippen LogP contribution in [0.1, 0.15) is 55.2 Å². The van der Waals surface area contributed by atoms with E-state index < -0.39 is 0 Å². The second-order valence-corrected chi connectivity index (χ2v) is 6.41. The third-order valence-corrected chi connectivity index (χ3v) is 3.17. The van der Waals surface area contributed by atoms with E-state index in [1.54, 1.807) is 12.4 Å². The number of rotatable bonds is 5. The highest BCUT2D eigenvalue weighted by atomic mass is 16.3. The summed E-state index contributed by atoms with van der Waals surface area (Å²) in [5.41, 5.74) is 6.70. The Bertz CT molecular complexity index is 617. The Kier molecular flexibility index (Phi) is 4.92. The first-order valence-corrected chi connectivity index (χ1v) is 7.24. The van der Waals surface area contributed by atoms with Gasteiger partial charge in [0, 0.05) is 12.4 Å². The van der Waals surface area contributed by atoms with Gasteiger partial charge in [-0.05, 0) is 23.5 Å². The van der Waals surface area contributed by atoms with Crippen molar-refractivity contribution in [1.82, 2.24) is 15.3 Å². The summed E-state index contributed by atoms with van der Waals surface area (Å²) < 4.78 is 5.11. The molecule has 1 unspecified atom stereocenters. The highest BCUT2D eigenvalue weighted by Gasteiger charge is 2.23. The number of oxazole rings is 1. The predicted molar refractivity (Wildman–Crippen MR) is 82.9 cm³/mol. The number of nitrogens with zero attached hydrogens (tertiary/aromatic N) is 2. The molecule has 2 heterocycles. The lowest BCUT2D eigenvalue weighted by Crippen LogP contribution is -2.31. The van der Waals surface area contributed by atoms with E-state index in [4.69, 9.17) is 10.2 Å². The fourth-order valence-corrected chi connectivity index (χ4v) is 2.19. The zero-order valence-electron chi connectivity index (χ0n) is 13.2. The van der Waals surface area contributed by atoms with Crippen molar-refractivity contribution in [3.05, 3.63) is 47.9 Å². The molecule has 0 aliphatic carbocycles. The molecule has 0 radical (unpaired) electrons. The molecule has 0 aliphatic heterocycles. The number of nitrogens with two attached hydrogens (primary N) is 1. The fraction of sp³-hybridized carbons (Fsp3) is 0.438. The lowest BCUT2D eigenvalue weighted by molar-refractivity contribution is 0.0921. The molecule has 1 amide bonds. The maximum Gasteiger partial charge on any atom is 0.273 e. The Morgan fingerprint density at radius 3 is 2.77 bits per heavy atom. The van der Waals surface area contributed by atoms with Crippen LogP contribution in [0, 0.1) is 5.41 Å². The molecule has 3 N–H and O–H groups in total. The minimum atomic E-state index is -0.276. The van der Waals surface area contributed by atoms with E-state index in [0.717, 1.165) is 12.0 Å². The molecule has 6 heteroatoms. The predicted octanol–water partition coefficient (Wildman–Crippen LogP) is 2.44. The highest BCUT2D eigenvalue weighted by Crippen LogP contribution is 2.29. The first kappa shape index (κ1) is 16.2. The molecule has 0 aliphatic rings. The summed E-state index contributed by atoms with van der Waals surface area (Å²) in [6.45, 7) is 6.56. The monoisotopic (exact) mass is 302 g/mol. The van der Waals surface area contributed by atoms with Gasteiger partial charge < -0.3 is 15.5 Å². The van der Waals surface area contributed by atoms with Gasteiger partial charge in [-0.2, -0.15) is 0 Å². The van der Waals surface area contributed by atoms with E-state index in [2.05, 4.69) is 36.1 Å². The van der Waals surface area contributed by atoms with Crippen molar-refractivity contribution in [2.24, 2.45) is 11.1 Å². The van der Waals surface area contributed by atoms with Crippen LogP contribution in [0.2, 0.25) is 0 Å². The van der Waals surface area contributed by atoms with Crippen LogP contribution in [0.3, 0.4) is 0 Å². The molecule has 0 saturated carbocycles. The molecule has 2 aromatic heterocycles. The fourth-order valence-electron chi connectivity index (χ4n) is 2.19. The Hall–Kier alpha value is -2.21. The van der Waals surface area contributed by atoms with Crippen LogP contribution in [0.15, 0.2) is 35.2 Å². The van der Waals surface area contributed by atoms with Crippen LogP contribution in [0.25, 0.3) is 0 Å². The molecule has 6 nitrogen and oxygen atoms in total. The van der Waals surface area contributed by atoms with Crippen molar-refractivity contribution in [3.63, 3.8) is 0 Å². The third kappa shape index (κ3) is 4.39. The Labute approximate surface area is 130 Å². The molecule has 22 heavy (non-hydrogen) atoms. The number of aromatic nitrogens is 2. The van der Waals surface area contributed by atoms with Gasteiger partial charge in [0.2, 0.25) is 5.89 Å². The average Bonchev–Trinajstić information content (AvgIpc) is 2.95. The highest BCUT2D eigenvalue weighted by molar-refractivity contribution is 5.92. The third-order valence-electron chi connectivity index (χ3n) is 3.17. The summed E-state index contributed by atoms with van der Waals surface area (Å²) in [6.07, 6.45) is 5.59. The van der Waals surface area contributed by atoms with Crippen LogP contribution in [0.4, 0.5) is 0 Å². The van der Waals surface area contributed by atoms with Gasteiger partial charge >= 0.3 is 0 Å². The van der Waals surface area contributed by atoms with Crippen LogP contribution in [0.5, 0.6) is 0 Å². The largest absolute Gasteiger partial charge is 0.447 e. The molecule has 0 spiro atoms. The molecule has 1 atom stereocenters. The van der Waals surface area contributed by atoms with Crippen molar-refractivity contribution >= 4 is 5.91 Å². The van der Waals surface area contributed by atoms with Gasteiger partial charge in [-0.1, -0.05) is 26.8 Å². The van der Waals surface area contributed by atoms with E-state index in [1.165, 1.54) is 6.26 Å². The van der Waals surface area contributed by atoms with Gasteiger partial charge in [0.15, 0.2) is 5.69 Å². The van der Waals surface area contributed by atoms with Crippen molar-refractivity contribution in [2.75, 3.05) is 0 Å². The lowest BCUT2D eigenvalue weighted by Gasteiger charge is -2.26. The topological polar surface area (TPSA) is 94.0 Å². The van der Waals surface area contributed by atoms with E-state index in [9.17, 15) is 4.79 Å². The zero-order chi connectivity index (χ0) is 16.2. The quantitative estimate of drug-likeness (QED) is 0.884. The summed E-state index contributed by atoms with van der Waals surface area (Å²) in [7, 11) is 0. The smallest absolute Gasteiger partial charge is 0.273 e. The maximum absolute atomic E-state index is 12.3. The second kappa shape index (κ2) is 6.70. The van der Waals surface area contributed by atoms with Crippen molar-refractivity contribution in [2.45, 2.75) is 39.8 Å². The normalized spacial score (nSPS) is 12.9. The number of nitrogens with one attached hydrogen (secondary N) is 1. The number of hydrogen-bond donors (Lipinski definition) is 2. The number of hydrogen-bond acceptors (Lipinski definition) is 5. The van der Waals surface area contributed by atoms with E-state index in [1.807, 2.05) is 12.1 Å². The average molecular weight is 302 g/mol. The second-order valence-electron chi connectivity index (χ2n) is 6.41. The molecule has 2 rings (SSSR count). The number of carbonyl (C=O) groups excluding carboxylic acids is 1. The Balaban J connectivity index is 2.17. The molecular weight excluding hydrogens is 280 g/mol. The van der Waals surface area contributed by atoms with E-state index in [-0.39, 0.29) is 29.6 Å². The van der Waals surface area contributed by atoms with Gasteiger partial charge in [-0.25, -0.2) is 4.98 Å². The zero-order valence-corrected chi connectivity index (χ0v) is 13.2. The molecule has 118 valence electrons. The van der Waals surface area contributed by atoms with Crippen molar-refractivity contribution < 1.29 is 9.21 Å². The van der Waals surface area contributed by atoms with Crippen LogP contribution < -0.4 is 11.1 Å². The van der Waals surface area contributed by atoms with Crippen LogP contribution >= 0.6 is 0 Å². The van der Waals surface area contributed by atoms with Crippen LogP contribution in [-0.4, -0.2) is 15.9 Å². The molecule has 0 fully saturated rings. The summed E-state index contributed by atoms with van der Waals surface area (Å²) in [5, 5.41) is 3.00. The minimum absolute atomic E-state index is 0.0556.